The largest absolute Gasteiger partial charge is 0.444 e. The van der Waals surface area contributed by atoms with Crippen molar-refractivity contribution in [1.82, 2.24) is 19.8 Å². The number of carbonyl (C=O) groups excluding carboxylic acids is 1. The zero-order valence-corrected chi connectivity index (χ0v) is 15.0. The summed E-state index contributed by atoms with van der Waals surface area (Å²) in [5, 5.41) is 0. The second-order valence-electron chi connectivity index (χ2n) is 6.57. The lowest BCUT2D eigenvalue weighted by atomic mass is 10.2. The first kappa shape index (κ1) is 17.6. The number of pyridine rings is 1. The number of rotatable bonds is 7. The molecule has 6 heteroatoms. The summed E-state index contributed by atoms with van der Waals surface area (Å²) in [5.41, 5.74) is 1.30. The van der Waals surface area contributed by atoms with Crippen LogP contribution < -0.4 is 0 Å². The number of hydrogen-bond acceptors (Lipinski definition) is 5. The molecule has 0 spiro atoms. The Kier molecular flexibility index (Phi) is 5.81. The van der Waals surface area contributed by atoms with E-state index in [9.17, 15) is 4.79 Å². The molecular formula is C19H26N4O2. The predicted molar refractivity (Wildman–Crippen MR) is 94.9 cm³/mol. The van der Waals surface area contributed by atoms with Gasteiger partial charge in [0.15, 0.2) is 0 Å². The summed E-state index contributed by atoms with van der Waals surface area (Å²) in [6.07, 6.45) is 8.25. The number of nitrogens with zero attached hydrogens (tertiary/aromatic N) is 4. The van der Waals surface area contributed by atoms with Gasteiger partial charge in [-0.2, -0.15) is 0 Å². The van der Waals surface area contributed by atoms with Gasteiger partial charge in [-0.25, -0.2) is 4.98 Å². The molecule has 2 aromatic rings. The average Bonchev–Trinajstić information content (AvgIpc) is 3.27. The summed E-state index contributed by atoms with van der Waals surface area (Å²) < 4.78 is 5.68. The second-order valence-corrected chi connectivity index (χ2v) is 6.57. The smallest absolute Gasteiger partial charge is 0.220 e. The normalized spacial score (nSPS) is 17.8. The Hall–Kier alpha value is -2.21. The van der Waals surface area contributed by atoms with Crippen molar-refractivity contribution < 1.29 is 9.21 Å². The number of amides is 1. The molecule has 1 atom stereocenters. The van der Waals surface area contributed by atoms with Crippen molar-refractivity contribution in [2.75, 3.05) is 19.6 Å². The highest BCUT2D eigenvalue weighted by molar-refractivity contribution is 5.73. The van der Waals surface area contributed by atoms with Crippen LogP contribution in [0.4, 0.5) is 0 Å². The van der Waals surface area contributed by atoms with E-state index < -0.39 is 0 Å². The van der Waals surface area contributed by atoms with Gasteiger partial charge in [0, 0.05) is 51.4 Å². The van der Waals surface area contributed by atoms with E-state index in [1.807, 2.05) is 24.2 Å². The zero-order valence-electron chi connectivity index (χ0n) is 15.0. The molecule has 1 saturated heterocycles. The Labute approximate surface area is 148 Å². The van der Waals surface area contributed by atoms with Gasteiger partial charge in [-0.3, -0.25) is 9.78 Å². The Morgan fingerprint density at radius 3 is 2.88 bits per heavy atom. The lowest BCUT2D eigenvalue weighted by molar-refractivity contribution is -0.132. The van der Waals surface area contributed by atoms with E-state index in [2.05, 4.69) is 27.0 Å². The van der Waals surface area contributed by atoms with Gasteiger partial charge < -0.3 is 14.2 Å². The third kappa shape index (κ3) is 4.66. The van der Waals surface area contributed by atoms with Crippen LogP contribution >= 0.6 is 0 Å². The van der Waals surface area contributed by atoms with Crippen LogP contribution in [0.15, 0.2) is 35.1 Å². The van der Waals surface area contributed by atoms with Crippen molar-refractivity contribution in [3.63, 3.8) is 0 Å². The molecule has 134 valence electrons. The number of aromatic nitrogens is 2. The molecule has 0 saturated carbocycles. The summed E-state index contributed by atoms with van der Waals surface area (Å²) in [4.78, 5) is 24.8. The van der Waals surface area contributed by atoms with Crippen LogP contribution in [-0.4, -0.2) is 51.4 Å². The number of oxazole rings is 1. The lowest BCUT2D eigenvalue weighted by Gasteiger charge is -2.27. The molecule has 1 amide bonds. The van der Waals surface area contributed by atoms with Crippen molar-refractivity contribution in [3.8, 4) is 0 Å². The first-order valence-corrected chi connectivity index (χ1v) is 8.97. The maximum absolute atomic E-state index is 12.1. The third-order valence-corrected chi connectivity index (χ3v) is 4.81. The predicted octanol–water partition coefficient (Wildman–Crippen LogP) is 2.30. The fraction of sp³-hybridized carbons (Fsp3) is 0.526. The Bertz CT molecular complexity index is 686. The average molecular weight is 342 g/mol. The van der Waals surface area contributed by atoms with E-state index in [1.54, 1.807) is 13.1 Å². The Morgan fingerprint density at radius 1 is 1.40 bits per heavy atom. The topological polar surface area (TPSA) is 62.5 Å². The fourth-order valence-electron chi connectivity index (χ4n) is 3.33. The van der Waals surface area contributed by atoms with E-state index in [1.165, 1.54) is 5.56 Å². The molecule has 0 aromatic carbocycles. The fourth-order valence-corrected chi connectivity index (χ4v) is 3.33. The molecule has 6 nitrogen and oxygen atoms in total. The summed E-state index contributed by atoms with van der Waals surface area (Å²) in [6.45, 7) is 7.05. The van der Waals surface area contributed by atoms with Crippen molar-refractivity contribution in [2.45, 2.75) is 45.7 Å². The molecule has 3 rings (SSSR count). The molecule has 2 aromatic heterocycles. The van der Waals surface area contributed by atoms with E-state index in [-0.39, 0.29) is 11.9 Å². The minimum atomic E-state index is 0.0808. The summed E-state index contributed by atoms with van der Waals surface area (Å²) in [5.74, 6) is 1.57. The number of aryl methyl sites for hydroxylation is 1. The summed E-state index contributed by atoms with van der Waals surface area (Å²) in [6, 6.07) is 4.35. The molecule has 1 fully saturated rings. The van der Waals surface area contributed by atoms with Gasteiger partial charge >= 0.3 is 0 Å². The summed E-state index contributed by atoms with van der Waals surface area (Å²) in [7, 11) is 0. The number of likely N-dealkylation sites (tertiary alicyclic amines) is 1. The van der Waals surface area contributed by atoms with Gasteiger partial charge in [-0.05, 0) is 30.5 Å². The number of carbonyl (C=O) groups is 1. The van der Waals surface area contributed by atoms with E-state index in [0.29, 0.717) is 12.4 Å². The zero-order chi connectivity index (χ0) is 17.6. The molecule has 0 aliphatic carbocycles. The van der Waals surface area contributed by atoms with E-state index >= 15 is 0 Å². The molecule has 0 unspecified atom stereocenters. The molecule has 1 aliphatic rings. The van der Waals surface area contributed by atoms with Gasteiger partial charge in [0.05, 0.1) is 12.7 Å². The molecule has 3 heterocycles. The van der Waals surface area contributed by atoms with E-state index in [4.69, 9.17) is 4.42 Å². The Morgan fingerprint density at radius 2 is 2.20 bits per heavy atom. The molecule has 0 radical (unpaired) electrons. The second kappa shape index (κ2) is 8.25. The molecule has 0 bridgehead atoms. The molecule has 25 heavy (non-hydrogen) atoms. The van der Waals surface area contributed by atoms with Crippen LogP contribution in [-0.2, 0) is 24.2 Å². The van der Waals surface area contributed by atoms with Gasteiger partial charge in [-0.15, -0.1) is 0 Å². The first-order valence-electron chi connectivity index (χ1n) is 8.97. The van der Waals surface area contributed by atoms with Crippen LogP contribution in [0.2, 0.25) is 0 Å². The standard InChI is InChI=1S/C19H26N4O2/c1-3-18-12-21-19(25-18)14-23(15(2)24)17-7-11-22(13-17)10-6-16-4-8-20-9-5-16/h4-5,8-9,12,17H,3,6-7,10-11,13-14H2,1-2H3/t17-/m0/s1. The van der Waals surface area contributed by atoms with Crippen molar-refractivity contribution in [1.29, 1.82) is 0 Å². The minimum Gasteiger partial charge on any atom is -0.444 e. The maximum atomic E-state index is 12.1. The van der Waals surface area contributed by atoms with Crippen LogP contribution in [0.1, 0.15) is 37.5 Å². The minimum absolute atomic E-state index is 0.0808. The van der Waals surface area contributed by atoms with Crippen molar-refractivity contribution >= 4 is 5.91 Å². The quantitative estimate of drug-likeness (QED) is 0.772. The lowest BCUT2D eigenvalue weighted by Crippen LogP contribution is -2.40. The van der Waals surface area contributed by atoms with Crippen molar-refractivity contribution in [2.24, 2.45) is 0 Å². The van der Waals surface area contributed by atoms with Crippen LogP contribution in [0.3, 0.4) is 0 Å². The van der Waals surface area contributed by atoms with Gasteiger partial charge in [0.1, 0.15) is 5.76 Å². The monoisotopic (exact) mass is 342 g/mol. The molecule has 1 aliphatic heterocycles. The van der Waals surface area contributed by atoms with Crippen LogP contribution in [0.25, 0.3) is 0 Å². The highest BCUT2D eigenvalue weighted by Crippen LogP contribution is 2.19. The Balaban J connectivity index is 1.55. The highest BCUT2D eigenvalue weighted by Gasteiger charge is 2.30. The van der Waals surface area contributed by atoms with Crippen LogP contribution in [0.5, 0.6) is 0 Å². The van der Waals surface area contributed by atoms with Crippen molar-refractivity contribution in [3.05, 3.63) is 47.9 Å². The van der Waals surface area contributed by atoms with Gasteiger partial charge in [0.25, 0.3) is 0 Å². The number of hydrogen-bond donors (Lipinski definition) is 0. The first-order chi connectivity index (χ1) is 12.2. The van der Waals surface area contributed by atoms with E-state index in [0.717, 1.165) is 44.7 Å². The van der Waals surface area contributed by atoms with Crippen LogP contribution in [0, 0.1) is 0 Å². The van der Waals surface area contributed by atoms with Gasteiger partial charge in [0.2, 0.25) is 11.8 Å². The third-order valence-electron chi connectivity index (χ3n) is 4.81. The van der Waals surface area contributed by atoms with Gasteiger partial charge in [-0.1, -0.05) is 6.92 Å². The summed E-state index contributed by atoms with van der Waals surface area (Å²) >= 11 is 0. The highest BCUT2D eigenvalue weighted by atomic mass is 16.4. The molecule has 0 N–H and O–H groups in total. The molecular weight excluding hydrogens is 316 g/mol. The maximum Gasteiger partial charge on any atom is 0.220 e. The SMILES string of the molecule is CCc1cnc(CN(C(C)=O)[C@H]2CCN(CCc3ccncc3)C2)o1.